The molecule has 0 amide bonds. The Kier molecular flexibility index (Phi) is 4.96. The molecular weight excluding hydrogens is 176 g/mol. The fourth-order valence-corrected chi connectivity index (χ4v) is 1.51. The highest BCUT2D eigenvalue weighted by atomic mass is 35.5. The van der Waals surface area contributed by atoms with Gasteiger partial charge in [-0.1, -0.05) is 13.3 Å². The second-order valence-electron chi connectivity index (χ2n) is 3.12. The summed E-state index contributed by atoms with van der Waals surface area (Å²) in [7, 11) is 0. The fourth-order valence-electron chi connectivity index (χ4n) is 1.21. The van der Waals surface area contributed by atoms with Crippen molar-refractivity contribution in [2.45, 2.75) is 44.3 Å². The summed E-state index contributed by atoms with van der Waals surface area (Å²) in [5.41, 5.74) is 0. The van der Waals surface area contributed by atoms with Gasteiger partial charge >= 0.3 is 0 Å². The predicted molar refractivity (Wildman–Crippen MR) is 49.5 cm³/mol. The first kappa shape index (κ1) is 10.3. The van der Waals surface area contributed by atoms with Crippen LogP contribution in [0.5, 0.6) is 0 Å². The highest BCUT2D eigenvalue weighted by Gasteiger charge is 2.23. The molecule has 1 saturated heterocycles. The summed E-state index contributed by atoms with van der Waals surface area (Å²) in [4.78, 5) is 0. The maximum atomic E-state index is 6.01. The van der Waals surface area contributed by atoms with Gasteiger partial charge in [-0.15, -0.1) is 11.6 Å². The maximum absolute atomic E-state index is 6.01. The summed E-state index contributed by atoms with van der Waals surface area (Å²) < 4.78 is 10.9. The first-order valence-electron chi connectivity index (χ1n) is 4.72. The van der Waals surface area contributed by atoms with Crippen molar-refractivity contribution in [3.05, 3.63) is 0 Å². The molecule has 0 aromatic carbocycles. The summed E-state index contributed by atoms with van der Waals surface area (Å²) in [6, 6.07) is 0. The lowest BCUT2D eigenvalue weighted by molar-refractivity contribution is -0.159. The molecule has 0 saturated carbocycles. The van der Waals surface area contributed by atoms with E-state index in [1.54, 1.807) is 0 Å². The van der Waals surface area contributed by atoms with Crippen molar-refractivity contribution in [2.75, 3.05) is 13.2 Å². The Balaban J connectivity index is 2.11. The van der Waals surface area contributed by atoms with E-state index in [0.717, 1.165) is 38.9 Å². The van der Waals surface area contributed by atoms with Gasteiger partial charge in [0.1, 0.15) is 0 Å². The van der Waals surface area contributed by atoms with E-state index in [4.69, 9.17) is 21.1 Å². The van der Waals surface area contributed by atoms with Crippen LogP contribution in [0.15, 0.2) is 0 Å². The van der Waals surface area contributed by atoms with Gasteiger partial charge in [0.25, 0.3) is 0 Å². The summed E-state index contributed by atoms with van der Waals surface area (Å²) in [6.45, 7) is 3.70. The standard InChI is InChI=1S/C9H17ClO2/c1-2-3-6-11-9-8(10)5-4-7-12-9/h8-9H,2-7H2,1H3. The van der Waals surface area contributed by atoms with Crippen LogP contribution in [-0.4, -0.2) is 24.9 Å². The Labute approximate surface area is 79.2 Å². The van der Waals surface area contributed by atoms with Crippen LogP contribution in [-0.2, 0) is 9.47 Å². The van der Waals surface area contributed by atoms with Crippen LogP contribution in [0, 0.1) is 0 Å². The molecule has 0 aromatic rings. The van der Waals surface area contributed by atoms with Gasteiger partial charge in [0.2, 0.25) is 0 Å². The van der Waals surface area contributed by atoms with E-state index in [2.05, 4.69) is 6.92 Å². The summed E-state index contributed by atoms with van der Waals surface area (Å²) >= 11 is 6.01. The second-order valence-corrected chi connectivity index (χ2v) is 3.68. The van der Waals surface area contributed by atoms with Crippen LogP contribution in [0.4, 0.5) is 0 Å². The first-order valence-corrected chi connectivity index (χ1v) is 5.15. The lowest BCUT2D eigenvalue weighted by atomic mass is 10.2. The molecule has 3 heteroatoms. The fraction of sp³-hybridized carbons (Fsp3) is 1.00. The lowest BCUT2D eigenvalue weighted by Crippen LogP contribution is -2.32. The van der Waals surface area contributed by atoms with E-state index < -0.39 is 0 Å². The highest BCUT2D eigenvalue weighted by Crippen LogP contribution is 2.20. The summed E-state index contributed by atoms with van der Waals surface area (Å²) in [6.07, 6.45) is 4.15. The van der Waals surface area contributed by atoms with Crippen LogP contribution in [0.1, 0.15) is 32.6 Å². The summed E-state index contributed by atoms with van der Waals surface area (Å²) in [5, 5.41) is 0.0515. The highest BCUT2D eigenvalue weighted by molar-refractivity contribution is 6.20. The van der Waals surface area contributed by atoms with Gasteiger partial charge in [-0.05, 0) is 19.3 Å². The Bertz CT molecular complexity index is 119. The monoisotopic (exact) mass is 192 g/mol. The van der Waals surface area contributed by atoms with Crippen LogP contribution in [0.2, 0.25) is 0 Å². The van der Waals surface area contributed by atoms with Crippen molar-refractivity contribution in [2.24, 2.45) is 0 Å². The molecule has 2 unspecified atom stereocenters. The zero-order valence-corrected chi connectivity index (χ0v) is 8.35. The van der Waals surface area contributed by atoms with E-state index in [0.29, 0.717) is 0 Å². The van der Waals surface area contributed by atoms with Gasteiger partial charge in [0.05, 0.1) is 5.38 Å². The van der Waals surface area contributed by atoms with Crippen molar-refractivity contribution in [3.63, 3.8) is 0 Å². The smallest absolute Gasteiger partial charge is 0.173 e. The number of hydrogen-bond donors (Lipinski definition) is 0. The Morgan fingerprint density at radius 3 is 3.08 bits per heavy atom. The Morgan fingerprint density at radius 2 is 2.42 bits per heavy atom. The molecule has 1 aliphatic heterocycles. The van der Waals surface area contributed by atoms with Gasteiger partial charge in [-0.3, -0.25) is 0 Å². The Hall–Kier alpha value is 0.210. The van der Waals surface area contributed by atoms with Crippen LogP contribution in [0.25, 0.3) is 0 Å². The van der Waals surface area contributed by atoms with E-state index >= 15 is 0 Å². The molecular formula is C9H17ClO2. The predicted octanol–water partition coefficient (Wildman–Crippen LogP) is 2.55. The van der Waals surface area contributed by atoms with Crippen molar-refractivity contribution < 1.29 is 9.47 Å². The van der Waals surface area contributed by atoms with E-state index in [9.17, 15) is 0 Å². The minimum absolute atomic E-state index is 0.0515. The normalized spacial score (nSPS) is 30.5. The number of halogens is 1. The SMILES string of the molecule is CCCCOC1OCCCC1Cl. The lowest BCUT2D eigenvalue weighted by Gasteiger charge is -2.27. The van der Waals surface area contributed by atoms with Crippen LogP contribution >= 0.6 is 11.6 Å². The van der Waals surface area contributed by atoms with Gasteiger partial charge in [0.15, 0.2) is 6.29 Å². The second kappa shape index (κ2) is 5.79. The molecule has 0 N–H and O–H groups in total. The topological polar surface area (TPSA) is 18.5 Å². The van der Waals surface area contributed by atoms with Crippen molar-refractivity contribution in [3.8, 4) is 0 Å². The molecule has 1 fully saturated rings. The number of unbranched alkanes of at least 4 members (excludes halogenated alkanes) is 1. The van der Waals surface area contributed by atoms with Gasteiger partial charge in [-0.2, -0.15) is 0 Å². The zero-order chi connectivity index (χ0) is 8.81. The maximum Gasteiger partial charge on any atom is 0.173 e. The average molecular weight is 193 g/mol. The molecule has 0 aromatic heterocycles. The zero-order valence-electron chi connectivity index (χ0n) is 7.59. The molecule has 12 heavy (non-hydrogen) atoms. The van der Waals surface area contributed by atoms with Crippen LogP contribution in [0.3, 0.4) is 0 Å². The van der Waals surface area contributed by atoms with E-state index in [-0.39, 0.29) is 11.7 Å². The van der Waals surface area contributed by atoms with Gasteiger partial charge < -0.3 is 9.47 Å². The van der Waals surface area contributed by atoms with Crippen molar-refractivity contribution in [1.29, 1.82) is 0 Å². The molecule has 2 atom stereocenters. The largest absolute Gasteiger partial charge is 0.351 e. The number of rotatable bonds is 4. The molecule has 2 nitrogen and oxygen atoms in total. The molecule has 1 rings (SSSR count). The first-order chi connectivity index (χ1) is 5.84. The molecule has 0 bridgehead atoms. The van der Waals surface area contributed by atoms with Crippen LogP contribution < -0.4 is 0 Å². The molecule has 0 aliphatic carbocycles. The molecule has 0 radical (unpaired) electrons. The van der Waals surface area contributed by atoms with E-state index in [1.807, 2.05) is 0 Å². The number of alkyl halides is 1. The van der Waals surface area contributed by atoms with Crippen molar-refractivity contribution in [1.82, 2.24) is 0 Å². The Morgan fingerprint density at radius 1 is 1.58 bits per heavy atom. The third-order valence-electron chi connectivity index (χ3n) is 1.98. The third-order valence-corrected chi connectivity index (χ3v) is 2.41. The quantitative estimate of drug-likeness (QED) is 0.504. The molecule has 1 aliphatic rings. The van der Waals surface area contributed by atoms with Crippen molar-refractivity contribution >= 4 is 11.6 Å². The average Bonchev–Trinajstić information content (AvgIpc) is 2.09. The molecule has 1 heterocycles. The molecule has 72 valence electrons. The van der Waals surface area contributed by atoms with Gasteiger partial charge in [0, 0.05) is 13.2 Å². The molecule has 0 spiro atoms. The van der Waals surface area contributed by atoms with E-state index in [1.165, 1.54) is 0 Å². The minimum Gasteiger partial charge on any atom is -0.351 e. The number of hydrogen-bond acceptors (Lipinski definition) is 2. The van der Waals surface area contributed by atoms with Gasteiger partial charge in [-0.25, -0.2) is 0 Å². The minimum atomic E-state index is -0.160. The third kappa shape index (κ3) is 3.30. The summed E-state index contributed by atoms with van der Waals surface area (Å²) in [5.74, 6) is 0. The number of ether oxygens (including phenoxy) is 2.